The number of hydrogen-bond acceptors (Lipinski definition) is 2. The molecule has 3 nitrogen and oxygen atoms in total. The lowest BCUT2D eigenvalue weighted by atomic mass is 9.99. The van der Waals surface area contributed by atoms with Crippen molar-refractivity contribution in [2.75, 3.05) is 13.1 Å². The number of nitrogens with two attached hydrogens (primary N) is 1. The molecule has 110 valence electrons. The zero-order valence-electron chi connectivity index (χ0n) is 12.4. The smallest absolute Gasteiger partial charge is 0.222 e. The van der Waals surface area contributed by atoms with E-state index in [0.29, 0.717) is 12.3 Å². The molecule has 0 heterocycles. The largest absolute Gasteiger partial charge is 0.343 e. The Balaban J connectivity index is 1.83. The predicted molar refractivity (Wildman–Crippen MR) is 82.3 cm³/mol. The van der Waals surface area contributed by atoms with Crippen LogP contribution < -0.4 is 5.73 Å². The summed E-state index contributed by atoms with van der Waals surface area (Å²) in [4.78, 5) is 14.3. The minimum atomic E-state index is 0.228. The van der Waals surface area contributed by atoms with Gasteiger partial charge in [0.25, 0.3) is 0 Å². The van der Waals surface area contributed by atoms with Gasteiger partial charge in [0.05, 0.1) is 0 Å². The van der Waals surface area contributed by atoms with E-state index < -0.39 is 0 Å². The Bertz CT molecular complexity index is 418. The van der Waals surface area contributed by atoms with Gasteiger partial charge in [-0.3, -0.25) is 4.79 Å². The minimum absolute atomic E-state index is 0.228. The molecule has 3 heteroatoms. The number of rotatable bonds is 6. The lowest BCUT2D eigenvalue weighted by Crippen LogP contribution is -2.36. The van der Waals surface area contributed by atoms with E-state index in [0.717, 1.165) is 32.4 Å². The van der Waals surface area contributed by atoms with Crippen molar-refractivity contribution in [3.63, 3.8) is 0 Å². The van der Waals surface area contributed by atoms with E-state index in [9.17, 15) is 4.79 Å². The third-order valence-corrected chi connectivity index (χ3v) is 4.40. The second-order valence-corrected chi connectivity index (χ2v) is 5.77. The first-order valence-electron chi connectivity index (χ1n) is 7.78. The molecular weight excluding hydrogens is 248 g/mol. The second kappa shape index (κ2) is 7.44. The van der Waals surface area contributed by atoms with Crippen molar-refractivity contribution < 1.29 is 4.79 Å². The van der Waals surface area contributed by atoms with Gasteiger partial charge in [-0.1, -0.05) is 36.8 Å². The first-order chi connectivity index (χ1) is 9.70. The molecule has 2 atom stereocenters. The second-order valence-electron chi connectivity index (χ2n) is 5.77. The quantitative estimate of drug-likeness (QED) is 0.866. The summed E-state index contributed by atoms with van der Waals surface area (Å²) in [5.41, 5.74) is 7.35. The summed E-state index contributed by atoms with van der Waals surface area (Å²) >= 11 is 0. The standard InChI is InChI=1S/C17H26N2O/c1-2-19(12-11-14-7-4-3-5-8-14)17(20)13-15-9-6-10-16(15)18/h3-5,7-8,15-16H,2,6,9-13,18H2,1H3/t15-,16+/m0/s1. The maximum atomic E-state index is 12.4. The van der Waals surface area contributed by atoms with Crippen LogP contribution in [0.1, 0.15) is 38.2 Å². The molecule has 1 aliphatic rings. The van der Waals surface area contributed by atoms with E-state index in [1.54, 1.807) is 0 Å². The predicted octanol–water partition coefficient (Wildman–Crippen LogP) is 2.60. The molecule has 1 aromatic rings. The van der Waals surface area contributed by atoms with Crippen LogP contribution in [0.15, 0.2) is 30.3 Å². The number of carbonyl (C=O) groups is 1. The summed E-state index contributed by atoms with van der Waals surface area (Å²) in [5, 5.41) is 0. The van der Waals surface area contributed by atoms with Crippen molar-refractivity contribution in [3.05, 3.63) is 35.9 Å². The van der Waals surface area contributed by atoms with Crippen LogP contribution in [-0.2, 0) is 11.2 Å². The van der Waals surface area contributed by atoms with Gasteiger partial charge in [-0.25, -0.2) is 0 Å². The highest BCUT2D eigenvalue weighted by molar-refractivity contribution is 5.76. The molecular formula is C17H26N2O. The Labute approximate surface area is 122 Å². The van der Waals surface area contributed by atoms with Crippen LogP contribution in [0.2, 0.25) is 0 Å². The van der Waals surface area contributed by atoms with Gasteiger partial charge in [-0.05, 0) is 37.7 Å². The molecule has 1 fully saturated rings. The number of nitrogens with zero attached hydrogens (tertiary/aromatic N) is 1. The van der Waals surface area contributed by atoms with Gasteiger partial charge < -0.3 is 10.6 Å². The molecule has 0 radical (unpaired) electrons. The van der Waals surface area contributed by atoms with E-state index in [-0.39, 0.29) is 11.9 Å². The van der Waals surface area contributed by atoms with Crippen molar-refractivity contribution >= 4 is 5.91 Å². The average molecular weight is 274 g/mol. The number of likely N-dealkylation sites (N-methyl/N-ethyl adjacent to an activating group) is 1. The number of carbonyl (C=O) groups excluding carboxylic acids is 1. The molecule has 20 heavy (non-hydrogen) atoms. The van der Waals surface area contributed by atoms with Crippen LogP contribution in [0, 0.1) is 5.92 Å². The van der Waals surface area contributed by atoms with E-state index in [2.05, 4.69) is 19.1 Å². The van der Waals surface area contributed by atoms with Crippen LogP contribution in [0.3, 0.4) is 0 Å². The summed E-state index contributed by atoms with van der Waals surface area (Å²) in [6.07, 6.45) is 4.92. The Morgan fingerprint density at radius 2 is 2.05 bits per heavy atom. The Morgan fingerprint density at radius 3 is 2.65 bits per heavy atom. The average Bonchev–Trinajstić information content (AvgIpc) is 2.86. The highest BCUT2D eigenvalue weighted by Crippen LogP contribution is 2.27. The van der Waals surface area contributed by atoms with Crippen molar-refractivity contribution in [1.82, 2.24) is 4.90 Å². The van der Waals surface area contributed by atoms with Crippen LogP contribution in [0.4, 0.5) is 0 Å². The fourth-order valence-electron chi connectivity index (χ4n) is 3.04. The van der Waals surface area contributed by atoms with Crippen LogP contribution in [-0.4, -0.2) is 29.9 Å². The van der Waals surface area contributed by atoms with Crippen LogP contribution >= 0.6 is 0 Å². The van der Waals surface area contributed by atoms with Gasteiger partial charge in [0.15, 0.2) is 0 Å². The molecule has 0 aliphatic heterocycles. The number of hydrogen-bond donors (Lipinski definition) is 1. The fraction of sp³-hybridized carbons (Fsp3) is 0.588. The van der Waals surface area contributed by atoms with E-state index in [1.807, 2.05) is 23.1 Å². The molecule has 0 unspecified atom stereocenters. The highest BCUT2D eigenvalue weighted by atomic mass is 16.2. The monoisotopic (exact) mass is 274 g/mol. The molecule has 2 N–H and O–H groups in total. The molecule has 0 aromatic heterocycles. The molecule has 0 saturated heterocycles. The van der Waals surface area contributed by atoms with Crippen molar-refractivity contribution in [2.24, 2.45) is 11.7 Å². The maximum absolute atomic E-state index is 12.4. The Kier molecular flexibility index (Phi) is 5.60. The summed E-state index contributed by atoms with van der Waals surface area (Å²) in [7, 11) is 0. The van der Waals surface area contributed by atoms with Crippen LogP contribution in [0.5, 0.6) is 0 Å². The normalized spacial score (nSPS) is 21.9. The Morgan fingerprint density at radius 1 is 1.30 bits per heavy atom. The molecule has 0 bridgehead atoms. The SMILES string of the molecule is CCN(CCc1ccccc1)C(=O)C[C@@H]1CCC[C@H]1N. The van der Waals surface area contributed by atoms with Gasteiger partial charge in [-0.2, -0.15) is 0 Å². The summed E-state index contributed by atoms with van der Waals surface area (Å²) in [6, 6.07) is 10.6. The summed E-state index contributed by atoms with van der Waals surface area (Å²) < 4.78 is 0. The molecule has 1 aromatic carbocycles. The van der Waals surface area contributed by atoms with Crippen molar-refractivity contribution in [3.8, 4) is 0 Å². The highest BCUT2D eigenvalue weighted by Gasteiger charge is 2.27. The number of amides is 1. The third kappa shape index (κ3) is 4.07. The van der Waals surface area contributed by atoms with Gasteiger partial charge in [-0.15, -0.1) is 0 Å². The molecule has 1 saturated carbocycles. The molecule has 1 amide bonds. The number of benzene rings is 1. The van der Waals surface area contributed by atoms with E-state index in [1.165, 1.54) is 12.0 Å². The van der Waals surface area contributed by atoms with E-state index >= 15 is 0 Å². The van der Waals surface area contributed by atoms with Crippen molar-refractivity contribution in [1.29, 1.82) is 0 Å². The zero-order chi connectivity index (χ0) is 14.4. The topological polar surface area (TPSA) is 46.3 Å². The zero-order valence-corrected chi connectivity index (χ0v) is 12.4. The van der Waals surface area contributed by atoms with Gasteiger partial charge in [0.1, 0.15) is 0 Å². The lowest BCUT2D eigenvalue weighted by molar-refractivity contribution is -0.132. The maximum Gasteiger partial charge on any atom is 0.222 e. The molecule has 2 rings (SSSR count). The van der Waals surface area contributed by atoms with E-state index in [4.69, 9.17) is 5.73 Å². The minimum Gasteiger partial charge on any atom is -0.343 e. The van der Waals surface area contributed by atoms with Gasteiger partial charge in [0, 0.05) is 25.6 Å². The Hall–Kier alpha value is -1.35. The van der Waals surface area contributed by atoms with Gasteiger partial charge >= 0.3 is 0 Å². The molecule has 0 spiro atoms. The molecule has 1 aliphatic carbocycles. The fourth-order valence-corrected chi connectivity index (χ4v) is 3.04. The summed E-state index contributed by atoms with van der Waals surface area (Å²) in [5.74, 6) is 0.666. The summed E-state index contributed by atoms with van der Waals surface area (Å²) in [6.45, 7) is 3.65. The third-order valence-electron chi connectivity index (χ3n) is 4.40. The lowest BCUT2D eigenvalue weighted by Gasteiger charge is -2.24. The van der Waals surface area contributed by atoms with Crippen LogP contribution in [0.25, 0.3) is 0 Å². The first kappa shape index (κ1) is 15.0. The first-order valence-corrected chi connectivity index (χ1v) is 7.78. The van der Waals surface area contributed by atoms with Crippen molar-refractivity contribution in [2.45, 2.75) is 45.1 Å². The van der Waals surface area contributed by atoms with Gasteiger partial charge in [0.2, 0.25) is 5.91 Å².